The molecule has 5 nitrogen and oxygen atoms in total. The summed E-state index contributed by atoms with van der Waals surface area (Å²) in [4.78, 5) is 29.6. The molecule has 228 valence electrons. The number of nitrogens with one attached hydrogen (secondary N) is 2. The van der Waals surface area contributed by atoms with Crippen molar-refractivity contribution in [2.24, 2.45) is 5.41 Å². The van der Waals surface area contributed by atoms with Crippen molar-refractivity contribution in [3.05, 3.63) is 94.3 Å². The Bertz CT molecular complexity index is 1480. The van der Waals surface area contributed by atoms with Crippen molar-refractivity contribution in [1.29, 1.82) is 0 Å². The highest BCUT2D eigenvalue weighted by molar-refractivity contribution is 5.99. The minimum Gasteiger partial charge on any atom is -0.382 e. The lowest BCUT2D eigenvalue weighted by Crippen LogP contribution is -2.52. The van der Waals surface area contributed by atoms with Gasteiger partial charge in [-0.05, 0) is 93.5 Å². The molecule has 2 atom stereocenters. The van der Waals surface area contributed by atoms with Crippen LogP contribution in [0.3, 0.4) is 0 Å². The third kappa shape index (κ3) is 6.26. The molecule has 43 heavy (non-hydrogen) atoms. The van der Waals surface area contributed by atoms with Crippen LogP contribution in [0, 0.1) is 25.1 Å². The number of amides is 2. The van der Waals surface area contributed by atoms with Crippen molar-refractivity contribution in [3.8, 4) is 0 Å². The lowest BCUT2D eigenvalue weighted by Gasteiger charge is -2.47. The van der Waals surface area contributed by atoms with Crippen molar-refractivity contribution in [2.75, 3.05) is 17.2 Å². The molecule has 0 radical (unpaired) electrons. The quantitative estimate of drug-likeness (QED) is 0.281. The molecule has 1 aliphatic heterocycles. The van der Waals surface area contributed by atoms with Gasteiger partial charge >= 0.3 is 6.18 Å². The van der Waals surface area contributed by atoms with Crippen molar-refractivity contribution in [1.82, 2.24) is 4.90 Å². The second-order valence-electron chi connectivity index (χ2n) is 12.1. The maximum atomic E-state index is 15.0. The van der Waals surface area contributed by atoms with E-state index in [0.29, 0.717) is 36.6 Å². The highest BCUT2D eigenvalue weighted by Crippen LogP contribution is 2.48. The van der Waals surface area contributed by atoms with Gasteiger partial charge in [-0.1, -0.05) is 43.2 Å². The number of hydrogen-bond donors (Lipinski definition) is 2. The Kier molecular flexibility index (Phi) is 8.54. The average Bonchev–Trinajstić information content (AvgIpc) is 3.47. The van der Waals surface area contributed by atoms with Gasteiger partial charge in [-0.2, -0.15) is 13.2 Å². The van der Waals surface area contributed by atoms with Crippen LogP contribution < -0.4 is 10.6 Å². The van der Waals surface area contributed by atoms with Gasteiger partial charge in [0.25, 0.3) is 5.91 Å². The Labute approximate surface area is 249 Å². The molecule has 1 saturated heterocycles. The molecule has 3 aromatic carbocycles. The van der Waals surface area contributed by atoms with Gasteiger partial charge in [-0.25, -0.2) is 4.39 Å². The number of carbonyl (C=O) groups excluding carboxylic acids is 2. The van der Waals surface area contributed by atoms with Crippen LogP contribution in [-0.2, 0) is 11.0 Å². The molecular weight excluding hydrogens is 558 g/mol. The van der Waals surface area contributed by atoms with Crippen molar-refractivity contribution in [3.63, 3.8) is 0 Å². The van der Waals surface area contributed by atoms with E-state index in [1.807, 2.05) is 24.3 Å². The summed E-state index contributed by atoms with van der Waals surface area (Å²) in [6.07, 6.45) is 0.833. The molecule has 1 aliphatic carbocycles. The highest BCUT2D eigenvalue weighted by Gasteiger charge is 2.49. The molecule has 0 bridgehead atoms. The van der Waals surface area contributed by atoms with Crippen molar-refractivity contribution >= 4 is 23.2 Å². The number of piperidine rings is 1. The minimum atomic E-state index is -4.57. The number of hydrogen-bond acceptors (Lipinski definition) is 3. The number of halogens is 4. The van der Waals surface area contributed by atoms with E-state index in [4.69, 9.17) is 0 Å². The fraction of sp³-hybridized carbons (Fsp3) is 0.412. The summed E-state index contributed by atoms with van der Waals surface area (Å²) in [6, 6.07) is 15.4. The number of nitrogens with zero attached hydrogens (tertiary/aromatic N) is 1. The Morgan fingerprint density at radius 3 is 2.23 bits per heavy atom. The molecule has 2 unspecified atom stereocenters. The molecule has 2 N–H and O–H groups in total. The van der Waals surface area contributed by atoms with Crippen LogP contribution in [0.2, 0.25) is 0 Å². The molecule has 5 rings (SSSR count). The van der Waals surface area contributed by atoms with Gasteiger partial charge < -0.3 is 15.5 Å². The van der Waals surface area contributed by atoms with Crippen LogP contribution in [0.15, 0.2) is 60.7 Å². The van der Waals surface area contributed by atoms with E-state index in [1.54, 1.807) is 30.9 Å². The van der Waals surface area contributed by atoms with Gasteiger partial charge in [-0.3, -0.25) is 9.59 Å². The van der Waals surface area contributed by atoms with Gasteiger partial charge in [0.1, 0.15) is 5.82 Å². The second kappa shape index (κ2) is 12.0. The van der Waals surface area contributed by atoms with E-state index in [9.17, 15) is 22.8 Å². The Balaban J connectivity index is 1.52. The number of aryl methyl sites for hydroxylation is 2. The molecule has 9 heteroatoms. The van der Waals surface area contributed by atoms with Gasteiger partial charge in [0.15, 0.2) is 0 Å². The fourth-order valence-electron chi connectivity index (χ4n) is 6.62. The number of rotatable bonds is 6. The zero-order chi connectivity index (χ0) is 30.9. The summed E-state index contributed by atoms with van der Waals surface area (Å²) in [5.74, 6) is -1.68. The summed E-state index contributed by atoms with van der Waals surface area (Å²) in [5.41, 5.74) is 0.0737. The zero-order valence-corrected chi connectivity index (χ0v) is 24.7. The first-order chi connectivity index (χ1) is 20.4. The molecule has 1 heterocycles. The average molecular weight is 596 g/mol. The number of alkyl halides is 3. The van der Waals surface area contributed by atoms with Gasteiger partial charge in [-0.15, -0.1) is 0 Å². The first kappa shape index (κ1) is 30.6. The first-order valence-corrected chi connectivity index (χ1v) is 14.8. The lowest BCUT2D eigenvalue weighted by molar-refractivity contribution is -0.138. The van der Waals surface area contributed by atoms with Gasteiger partial charge in [0.2, 0.25) is 5.91 Å². The Morgan fingerprint density at radius 1 is 0.907 bits per heavy atom. The van der Waals surface area contributed by atoms with E-state index in [0.717, 1.165) is 24.6 Å². The molecular formula is C34H37F4N3O2. The SMILES string of the molecule is Cc1ccc(NC(=O)C2(C)CCCN(C(=O)c3c(C)cccc3F)C2c2ccc(NC3CCCC3)cc2)cc1C(F)(F)F. The van der Waals surface area contributed by atoms with Crippen LogP contribution in [0.4, 0.5) is 28.9 Å². The molecule has 0 aromatic heterocycles. The number of likely N-dealkylation sites (tertiary alicyclic amines) is 1. The largest absolute Gasteiger partial charge is 0.416 e. The van der Waals surface area contributed by atoms with Crippen LogP contribution in [-0.4, -0.2) is 29.3 Å². The number of carbonyl (C=O) groups is 2. The zero-order valence-electron chi connectivity index (χ0n) is 24.7. The first-order valence-electron chi connectivity index (χ1n) is 14.8. The maximum absolute atomic E-state index is 15.0. The summed E-state index contributed by atoms with van der Waals surface area (Å²) in [7, 11) is 0. The lowest BCUT2D eigenvalue weighted by atomic mass is 9.70. The van der Waals surface area contributed by atoms with E-state index in [2.05, 4.69) is 10.6 Å². The second-order valence-corrected chi connectivity index (χ2v) is 12.1. The molecule has 3 aromatic rings. The summed E-state index contributed by atoms with van der Waals surface area (Å²) >= 11 is 0. The monoisotopic (exact) mass is 595 g/mol. The molecule has 2 amide bonds. The van der Waals surface area contributed by atoms with E-state index in [1.165, 1.54) is 38.0 Å². The number of anilines is 2. The standard InChI is InChI=1S/C34H37F4N3O2/c1-21-12-15-26(20-27(21)34(36,37)38)40-32(43)33(3)18-7-19-41(31(42)29-22(2)8-6-11-28(29)35)30(33)23-13-16-25(17-14-23)39-24-9-4-5-10-24/h6,8,11-17,20,24,30,39H,4-5,7,9-10,18-19H2,1-3H3,(H,40,43). The third-order valence-corrected chi connectivity index (χ3v) is 8.98. The molecule has 1 saturated carbocycles. The van der Waals surface area contributed by atoms with Crippen LogP contribution >= 0.6 is 0 Å². The topological polar surface area (TPSA) is 61.4 Å². The molecule has 2 fully saturated rings. The molecule has 0 spiro atoms. The Hall–Kier alpha value is -3.88. The van der Waals surface area contributed by atoms with E-state index in [-0.39, 0.29) is 16.8 Å². The molecule has 2 aliphatic rings. The predicted molar refractivity (Wildman–Crippen MR) is 159 cm³/mol. The van der Waals surface area contributed by atoms with E-state index < -0.39 is 40.8 Å². The normalized spacial score (nSPS) is 21.1. The van der Waals surface area contributed by atoms with Crippen LogP contribution in [0.1, 0.15) is 84.1 Å². The predicted octanol–water partition coefficient (Wildman–Crippen LogP) is 8.44. The Morgan fingerprint density at radius 2 is 1.58 bits per heavy atom. The van der Waals surface area contributed by atoms with Crippen LogP contribution in [0.25, 0.3) is 0 Å². The van der Waals surface area contributed by atoms with Crippen LogP contribution in [0.5, 0.6) is 0 Å². The minimum absolute atomic E-state index is 0.0207. The van der Waals surface area contributed by atoms with Gasteiger partial charge in [0.05, 0.1) is 22.6 Å². The number of benzene rings is 3. The highest BCUT2D eigenvalue weighted by atomic mass is 19.4. The summed E-state index contributed by atoms with van der Waals surface area (Å²) < 4.78 is 55.9. The van der Waals surface area contributed by atoms with E-state index >= 15 is 4.39 Å². The smallest absolute Gasteiger partial charge is 0.382 e. The maximum Gasteiger partial charge on any atom is 0.416 e. The fourth-order valence-corrected chi connectivity index (χ4v) is 6.62. The van der Waals surface area contributed by atoms with Crippen molar-refractivity contribution < 1.29 is 27.2 Å². The summed E-state index contributed by atoms with van der Waals surface area (Å²) in [6.45, 7) is 5.06. The van der Waals surface area contributed by atoms with Gasteiger partial charge in [0, 0.05) is 24.0 Å². The van der Waals surface area contributed by atoms with Crippen molar-refractivity contribution in [2.45, 2.75) is 77.6 Å². The third-order valence-electron chi connectivity index (χ3n) is 8.98. The summed E-state index contributed by atoms with van der Waals surface area (Å²) in [5, 5.41) is 6.25.